The molecule has 3 aromatic rings. The van der Waals surface area contributed by atoms with Gasteiger partial charge in [-0.2, -0.15) is 4.98 Å². The van der Waals surface area contributed by atoms with E-state index in [0.29, 0.717) is 41.1 Å². The molecular weight excluding hydrogens is 354 g/mol. The molecule has 0 N–H and O–H groups in total. The number of imidazole rings is 1. The molecule has 1 aliphatic rings. The van der Waals surface area contributed by atoms with Gasteiger partial charge >= 0.3 is 5.69 Å². The van der Waals surface area contributed by atoms with E-state index >= 15 is 0 Å². The highest BCUT2D eigenvalue weighted by Crippen LogP contribution is 2.33. The smallest absolute Gasteiger partial charge is 0.312 e. The molecule has 0 unspecified atom stereocenters. The molecule has 1 aromatic carbocycles. The molecular formula is C18H20ClN5O2. The van der Waals surface area contributed by atoms with Crippen LogP contribution in [-0.4, -0.2) is 25.2 Å². The molecule has 26 heavy (non-hydrogen) atoms. The second kappa shape index (κ2) is 6.02. The number of benzene rings is 1. The van der Waals surface area contributed by atoms with Crippen LogP contribution in [0.5, 0.6) is 0 Å². The molecule has 1 aliphatic heterocycles. The van der Waals surface area contributed by atoms with E-state index in [1.165, 1.54) is 9.13 Å². The summed E-state index contributed by atoms with van der Waals surface area (Å²) in [5.74, 6) is 1.00. The maximum absolute atomic E-state index is 12.9. The fourth-order valence-corrected chi connectivity index (χ4v) is 3.75. The van der Waals surface area contributed by atoms with E-state index < -0.39 is 0 Å². The fourth-order valence-electron chi connectivity index (χ4n) is 3.62. The van der Waals surface area contributed by atoms with Gasteiger partial charge in [-0.1, -0.05) is 18.5 Å². The monoisotopic (exact) mass is 373 g/mol. The highest BCUT2D eigenvalue weighted by molar-refractivity contribution is 6.30. The van der Waals surface area contributed by atoms with Crippen LogP contribution >= 0.6 is 11.6 Å². The van der Waals surface area contributed by atoms with Crippen molar-refractivity contribution in [2.45, 2.75) is 26.9 Å². The molecule has 0 bridgehead atoms. The Kier molecular flexibility index (Phi) is 3.91. The van der Waals surface area contributed by atoms with Crippen LogP contribution in [0.2, 0.25) is 5.02 Å². The number of aryl methyl sites for hydroxylation is 1. The lowest BCUT2D eigenvalue weighted by atomic mass is 10.1. The Balaban J connectivity index is 2.03. The van der Waals surface area contributed by atoms with Crippen LogP contribution in [0.4, 0.5) is 11.6 Å². The van der Waals surface area contributed by atoms with E-state index in [-0.39, 0.29) is 11.2 Å². The Labute approximate surface area is 155 Å². The summed E-state index contributed by atoms with van der Waals surface area (Å²) in [4.78, 5) is 32.1. The van der Waals surface area contributed by atoms with E-state index in [4.69, 9.17) is 11.6 Å². The largest absolute Gasteiger partial charge is 0.332 e. The third-order valence-electron chi connectivity index (χ3n) is 4.90. The van der Waals surface area contributed by atoms with Crippen molar-refractivity contribution in [3.05, 3.63) is 50.1 Å². The third kappa shape index (κ3) is 2.38. The van der Waals surface area contributed by atoms with Crippen LogP contribution < -0.4 is 16.1 Å². The van der Waals surface area contributed by atoms with Crippen LogP contribution in [0, 0.1) is 5.92 Å². The van der Waals surface area contributed by atoms with Crippen molar-refractivity contribution >= 4 is 34.4 Å². The molecule has 136 valence electrons. The summed E-state index contributed by atoms with van der Waals surface area (Å²) in [6, 6.07) is 7.55. The number of fused-ring (bicyclic) bond motifs is 3. The minimum atomic E-state index is -0.341. The zero-order chi connectivity index (χ0) is 18.6. The molecule has 4 rings (SSSR count). The lowest BCUT2D eigenvalue weighted by Gasteiger charge is -2.33. The van der Waals surface area contributed by atoms with Crippen LogP contribution in [0.15, 0.2) is 33.9 Å². The van der Waals surface area contributed by atoms with Crippen molar-refractivity contribution in [1.29, 1.82) is 0 Å². The van der Waals surface area contributed by atoms with Crippen molar-refractivity contribution in [2.24, 2.45) is 13.0 Å². The zero-order valence-electron chi connectivity index (χ0n) is 14.9. The summed E-state index contributed by atoms with van der Waals surface area (Å²) in [5, 5.41) is 0.667. The summed E-state index contributed by atoms with van der Waals surface area (Å²) >= 11 is 6.01. The number of aromatic nitrogens is 4. The lowest BCUT2D eigenvalue weighted by Crippen LogP contribution is -2.40. The van der Waals surface area contributed by atoms with Gasteiger partial charge in [-0.3, -0.25) is 13.9 Å². The van der Waals surface area contributed by atoms with Crippen molar-refractivity contribution < 1.29 is 0 Å². The fraction of sp³-hybridized carbons (Fsp3) is 0.389. The molecule has 0 radical (unpaired) electrons. The van der Waals surface area contributed by atoms with Crippen LogP contribution in [0.1, 0.15) is 13.8 Å². The second-order valence-electron chi connectivity index (χ2n) is 6.78. The van der Waals surface area contributed by atoms with Crippen LogP contribution in [-0.2, 0) is 20.1 Å². The molecule has 0 saturated heterocycles. The first-order valence-corrected chi connectivity index (χ1v) is 9.03. The summed E-state index contributed by atoms with van der Waals surface area (Å²) < 4.78 is 4.64. The standard InChI is InChI=1S/C18H20ClN5O2/c1-4-22-16(25)14-15(21(3)18(22)26)20-17-23(9-11(2)10-24(14)17)13-7-5-12(19)6-8-13/h5-8,11H,4,9-10H2,1-3H3/t11-/m1/s1. The highest BCUT2D eigenvalue weighted by atomic mass is 35.5. The van der Waals surface area contributed by atoms with Gasteiger partial charge in [-0.05, 0) is 37.1 Å². The van der Waals surface area contributed by atoms with Gasteiger partial charge in [0.25, 0.3) is 5.56 Å². The molecule has 7 nitrogen and oxygen atoms in total. The predicted molar refractivity (Wildman–Crippen MR) is 103 cm³/mol. The minimum Gasteiger partial charge on any atom is -0.312 e. The van der Waals surface area contributed by atoms with E-state index in [1.807, 2.05) is 28.8 Å². The molecule has 2 aromatic heterocycles. The number of hydrogen-bond donors (Lipinski definition) is 0. The first-order chi connectivity index (χ1) is 12.4. The Bertz CT molecular complexity index is 1110. The summed E-state index contributed by atoms with van der Waals surface area (Å²) in [5.41, 5.74) is 1.24. The SMILES string of the molecule is CCn1c(=O)c2c(nc3n2C[C@H](C)CN3c2ccc(Cl)cc2)n(C)c1=O. The Morgan fingerprint density at radius 2 is 1.88 bits per heavy atom. The molecule has 1 atom stereocenters. The van der Waals surface area contributed by atoms with Gasteiger partial charge in [0.15, 0.2) is 11.2 Å². The van der Waals surface area contributed by atoms with Gasteiger partial charge in [0.1, 0.15) is 0 Å². The number of anilines is 2. The third-order valence-corrected chi connectivity index (χ3v) is 5.15. The van der Waals surface area contributed by atoms with E-state index in [9.17, 15) is 9.59 Å². The molecule has 0 saturated carbocycles. The Morgan fingerprint density at radius 3 is 2.54 bits per heavy atom. The number of hydrogen-bond acceptors (Lipinski definition) is 4. The maximum Gasteiger partial charge on any atom is 0.332 e. The van der Waals surface area contributed by atoms with Gasteiger partial charge in [-0.15, -0.1) is 0 Å². The molecule has 0 fully saturated rings. The Morgan fingerprint density at radius 1 is 1.19 bits per heavy atom. The Hall–Kier alpha value is -2.54. The summed E-state index contributed by atoms with van der Waals surface area (Å²) in [6.07, 6.45) is 0. The van der Waals surface area contributed by atoms with Gasteiger partial charge in [0, 0.05) is 37.4 Å². The molecule has 0 spiro atoms. The normalized spacial score (nSPS) is 16.9. The van der Waals surface area contributed by atoms with Crippen molar-refractivity contribution in [1.82, 2.24) is 18.7 Å². The number of halogens is 1. The van der Waals surface area contributed by atoms with Gasteiger partial charge in [0.05, 0.1) is 0 Å². The molecule has 8 heteroatoms. The zero-order valence-corrected chi connectivity index (χ0v) is 15.7. The predicted octanol–water partition coefficient (Wildman–Crippen LogP) is 2.36. The average Bonchev–Trinajstić information content (AvgIpc) is 3.00. The number of nitrogens with zero attached hydrogens (tertiary/aromatic N) is 5. The quantitative estimate of drug-likeness (QED) is 0.691. The van der Waals surface area contributed by atoms with Gasteiger partial charge < -0.3 is 9.47 Å². The topological polar surface area (TPSA) is 65.1 Å². The highest BCUT2D eigenvalue weighted by Gasteiger charge is 2.29. The lowest BCUT2D eigenvalue weighted by molar-refractivity contribution is 0.458. The molecule has 0 amide bonds. The maximum atomic E-state index is 12.9. The van der Waals surface area contributed by atoms with E-state index in [1.54, 1.807) is 14.0 Å². The average molecular weight is 374 g/mol. The minimum absolute atomic E-state index is 0.283. The first kappa shape index (κ1) is 16.9. The summed E-state index contributed by atoms with van der Waals surface area (Å²) in [7, 11) is 1.66. The van der Waals surface area contributed by atoms with Crippen molar-refractivity contribution in [3.8, 4) is 0 Å². The van der Waals surface area contributed by atoms with Gasteiger partial charge in [-0.25, -0.2) is 4.79 Å². The van der Waals surface area contributed by atoms with E-state index in [0.717, 1.165) is 12.2 Å². The summed E-state index contributed by atoms with van der Waals surface area (Å²) in [6.45, 7) is 5.73. The molecule has 0 aliphatic carbocycles. The first-order valence-electron chi connectivity index (χ1n) is 8.65. The van der Waals surface area contributed by atoms with Crippen LogP contribution in [0.3, 0.4) is 0 Å². The second-order valence-corrected chi connectivity index (χ2v) is 7.21. The van der Waals surface area contributed by atoms with Gasteiger partial charge in [0.2, 0.25) is 5.95 Å². The van der Waals surface area contributed by atoms with E-state index in [2.05, 4.69) is 16.8 Å². The molecule has 3 heterocycles. The van der Waals surface area contributed by atoms with Crippen LogP contribution in [0.25, 0.3) is 11.2 Å². The van der Waals surface area contributed by atoms with Crippen molar-refractivity contribution in [2.75, 3.05) is 11.4 Å². The van der Waals surface area contributed by atoms with Crippen molar-refractivity contribution in [3.63, 3.8) is 0 Å². The number of rotatable bonds is 2.